The van der Waals surface area contributed by atoms with Crippen LogP contribution in [-0.2, 0) is 0 Å². The predicted octanol–water partition coefficient (Wildman–Crippen LogP) is 4.60. The Labute approximate surface area is 84.7 Å². The van der Waals surface area contributed by atoms with Gasteiger partial charge in [0.1, 0.15) is 0 Å². The van der Waals surface area contributed by atoms with Gasteiger partial charge < -0.3 is 0 Å². The molecule has 0 unspecified atom stereocenters. The number of hydrogen-bond donors (Lipinski definition) is 0. The zero-order valence-electron chi connectivity index (χ0n) is 8.67. The standard InChI is InChI=1S/C12H22P/c1-3-7-11(8-4-1)13-12-9-5-2-6-10-12/h11-12H,1-10H2/i13-29. The molecule has 0 N–H and O–H groups in total. The minimum atomic E-state index is 1.09. The maximum Gasteiger partial charge on any atom is -0.0168 e. The van der Waals surface area contributed by atoms with Crippen molar-refractivity contribution in [2.24, 2.45) is 0 Å². The van der Waals surface area contributed by atoms with Crippen LogP contribution in [0.4, 0.5) is 0 Å². The van der Waals surface area contributed by atoms with Gasteiger partial charge in [-0.15, -0.1) is 0 Å². The average molecular weight is 168 g/mol. The van der Waals surface area contributed by atoms with Gasteiger partial charge in [-0.1, -0.05) is 47.1 Å². The number of hydrogen-bond acceptors (Lipinski definition) is 0. The van der Waals surface area contributed by atoms with Gasteiger partial charge in [0.2, 0.25) is 0 Å². The van der Waals surface area contributed by atoms with Gasteiger partial charge in [-0.3, -0.25) is 0 Å². The summed E-state index contributed by atoms with van der Waals surface area (Å²) in [7, 11) is 1.84. The van der Waals surface area contributed by atoms with E-state index in [1.54, 1.807) is 0 Å². The molecule has 2 aliphatic carbocycles. The lowest BCUT2D eigenvalue weighted by atomic mass is 1.80. The monoisotopic (exact) mass is 168 g/mol. The maximum atomic E-state index is 1.84. The SMILES string of the molecule is C1CCC([2P]C2CCCCC2)CC1. The molecule has 2 saturated carbocycles. The van der Waals surface area contributed by atoms with Gasteiger partial charge in [0.15, 0.2) is 0 Å². The van der Waals surface area contributed by atoms with Crippen LogP contribution in [0.2, 0.25) is 0 Å². The highest BCUT2D eigenvalue weighted by Crippen LogP contribution is 2.41. The molecule has 0 aromatic carbocycles. The largest absolute Gasteiger partial charge is 0.0741 e. The molecule has 2 rings (SSSR count). The highest BCUT2D eigenvalue weighted by atomic mass is 14.1. The van der Waals surface area contributed by atoms with Crippen LogP contribution in [0.25, 0.3) is 0 Å². The summed E-state index contributed by atoms with van der Waals surface area (Å²) < 4.78 is 0. The Morgan fingerprint density at radius 3 is 1.31 bits per heavy atom. The first-order chi connectivity index (χ1) is 6.45. The van der Waals surface area contributed by atoms with Crippen LogP contribution in [0.1, 0.15) is 64.2 Å². The van der Waals surface area contributed by atoms with Crippen LogP contribution in [0.3, 0.4) is 0 Å². The lowest BCUT2D eigenvalue weighted by Gasteiger charge is -2.28. The first-order valence-corrected chi connectivity index (χ1v) is 7.18. The summed E-state index contributed by atoms with van der Waals surface area (Å²) in [6.07, 6.45) is 15.3. The third-order valence-corrected chi connectivity index (χ3v) is 5.45. The molecule has 0 amide bonds. The van der Waals surface area contributed by atoms with E-state index in [9.17, 15) is 0 Å². The van der Waals surface area contributed by atoms with E-state index in [0.29, 0.717) is 0 Å². The van der Waals surface area contributed by atoms with Crippen molar-refractivity contribution in [3.8, 4) is 0 Å². The summed E-state index contributed by atoms with van der Waals surface area (Å²) in [6, 6.07) is 0. The van der Waals surface area contributed by atoms with Crippen LogP contribution in [-0.4, -0.2) is 11.3 Å². The summed E-state index contributed by atoms with van der Waals surface area (Å²) in [6.45, 7) is 0. The fourth-order valence-corrected chi connectivity index (χ4v) is 4.68. The van der Waals surface area contributed by atoms with Gasteiger partial charge in [0.05, 0.1) is 0 Å². The normalized spacial score (nSPS) is 27.7. The molecular formula is C12H22P. The first kappa shape index (κ1) is 9.97. The van der Waals surface area contributed by atoms with Crippen molar-refractivity contribution < 1.29 is 0 Å². The highest BCUT2D eigenvalue weighted by Gasteiger charge is 2.20. The third kappa shape index (κ3) is 3.24. The van der Waals surface area contributed by atoms with Gasteiger partial charge in [-0.2, -0.15) is 0 Å². The van der Waals surface area contributed by atoms with E-state index in [4.69, 9.17) is 0 Å². The van der Waals surface area contributed by atoms with Crippen molar-refractivity contribution in [2.75, 3.05) is 0 Å². The highest BCUT2D eigenvalue weighted by molar-refractivity contribution is 7.39. The van der Waals surface area contributed by atoms with E-state index in [1.165, 1.54) is 64.2 Å². The Balaban J connectivity index is 1.69. The van der Waals surface area contributed by atoms with Gasteiger partial charge >= 0.3 is 0 Å². The maximum absolute atomic E-state index is 1.84. The second-order valence-electron chi connectivity index (χ2n) is 4.73. The van der Waals surface area contributed by atoms with Crippen LogP contribution in [0, 0.1) is 0 Å². The van der Waals surface area contributed by atoms with Crippen LogP contribution >= 0.6 is 8.58 Å². The minimum Gasteiger partial charge on any atom is -0.0741 e. The van der Waals surface area contributed by atoms with E-state index in [2.05, 4.69) is 0 Å². The summed E-state index contributed by atoms with van der Waals surface area (Å²) >= 11 is 0. The number of rotatable bonds is 2. The van der Waals surface area contributed by atoms with E-state index in [-0.39, 0.29) is 0 Å². The lowest BCUT2D eigenvalue weighted by molar-refractivity contribution is 0.490. The second kappa shape index (κ2) is 5.35. The van der Waals surface area contributed by atoms with Crippen molar-refractivity contribution in [2.45, 2.75) is 75.5 Å². The van der Waals surface area contributed by atoms with E-state index in [1.807, 2.05) is 8.58 Å². The van der Waals surface area contributed by atoms with Crippen molar-refractivity contribution in [1.29, 1.82) is 0 Å². The molecular weight excluding hydrogens is 146 g/mol. The zero-order chi connectivity index (χ0) is 8.93. The van der Waals surface area contributed by atoms with Gasteiger partial charge in [-0.25, -0.2) is 0 Å². The molecule has 2 aliphatic rings. The van der Waals surface area contributed by atoms with Crippen LogP contribution in [0.15, 0.2) is 0 Å². The summed E-state index contributed by atoms with van der Waals surface area (Å²) in [5.74, 6) is 0. The molecule has 0 nitrogen and oxygen atoms in total. The molecule has 0 bridgehead atoms. The van der Waals surface area contributed by atoms with E-state index < -0.39 is 0 Å². The van der Waals surface area contributed by atoms with Crippen molar-refractivity contribution in [3.05, 3.63) is 0 Å². The fourth-order valence-electron chi connectivity index (χ4n) is 2.76. The molecule has 0 spiro atoms. The Bertz CT molecular complexity index is 116. The van der Waals surface area contributed by atoms with Crippen LogP contribution < -0.4 is 0 Å². The molecule has 0 heterocycles. The Morgan fingerprint density at radius 2 is 0.923 bits per heavy atom. The van der Waals surface area contributed by atoms with E-state index >= 15 is 0 Å². The Kier molecular flexibility index (Phi) is 4.10. The van der Waals surface area contributed by atoms with Crippen molar-refractivity contribution >= 4 is 8.58 Å². The quantitative estimate of drug-likeness (QED) is 0.529. The molecule has 0 aromatic rings. The van der Waals surface area contributed by atoms with Gasteiger partial charge in [-0.05, 0) is 37.0 Å². The molecule has 0 aliphatic heterocycles. The molecule has 1 radical (unpaired) electrons. The molecule has 1 heteroatoms. The summed E-state index contributed by atoms with van der Waals surface area (Å²) in [5, 5.41) is 0. The molecule has 13 heavy (non-hydrogen) atoms. The Hall–Kier alpha value is 0.430. The minimum absolute atomic E-state index is 1.09. The topological polar surface area (TPSA) is 0 Å². The Morgan fingerprint density at radius 1 is 0.538 bits per heavy atom. The van der Waals surface area contributed by atoms with Gasteiger partial charge in [0, 0.05) is 0 Å². The van der Waals surface area contributed by atoms with Gasteiger partial charge in [0.25, 0.3) is 0 Å². The molecule has 75 valence electrons. The predicted molar refractivity (Wildman–Crippen MR) is 60.7 cm³/mol. The first-order valence-electron chi connectivity index (χ1n) is 6.15. The van der Waals surface area contributed by atoms with Crippen molar-refractivity contribution in [3.63, 3.8) is 0 Å². The smallest absolute Gasteiger partial charge is 0.0168 e. The average Bonchev–Trinajstić information content (AvgIpc) is 2.21. The third-order valence-electron chi connectivity index (χ3n) is 3.57. The second-order valence-corrected chi connectivity index (χ2v) is 6.49. The summed E-state index contributed by atoms with van der Waals surface area (Å²) in [4.78, 5) is 0. The van der Waals surface area contributed by atoms with Crippen LogP contribution in [0.5, 0.6) is 0 Å². The molecule has 0 aromatic heterocycles. The summed E-state index contributed by atoms with van der Waals surface area (Å²) in [5.41, 5.74) is 2.19. The molecule has 0 atom stereocenters. The molecule has 0 saturated heterocycles. The van der Waals surface area contributed by atoms with Crippen molar-refractivity contribution in [1.82, 2.24) is 0 Å². The fraction of sp³-hybridized carbons (Fsp3) is 1.00. The molecule has 2 fully saturated rings. The van der Waals surface area contributed by atoms with E-state index in [0.717, 1.165) is 11.3 Å². The lowest BCUT2D eigenvalue weighted by Crippen LogP contribution is -2.14. The zero-order valence-corrected chi connectivity index (χ0v) is 9.57.